The first-order valence-electron chi connectivity index (χ1n) is 17.6. The molecule has 4 aromatic rings. The molecular formula is C42H56N2O8U-6. The third-order valence-electron chi connectivity index (χ3n) is 9.12. The number of nitrogens with one attached hydrogen (secondary N) is 2. The second-order valence-electron chi connectivity index (χ2n) is 14.1. The Morgan fingerprint density at radius 3 is 0.811 bits per heavy atom. The minimum Gasteiger partial charge on any atom is -2.00 e. The number of hydrogen-bond acceptors (Lipinski definition) is 6. The molecule has 4 rings (SSSR count). The van der Waals surface area contributed by atoms with Gasteiger partial charge in [-0.2, -0.15) is 0 Å². The van der Waals surface area contributed by atoms with Gasteiger partial charge in [-0.05, 0) is 77.6 Å². The molecule has 0 radical (unpaired) electrons. The van der Waals surface area contributed by atoms with Crippen LogP contribution in [0.4, 0.5) is 0 Å². The molecule has 0 amide bonds. The van der Waals surface area contributed by atoms with Crippen LogP contribution in [0.15, 0.2) is 48.5 Å². The number of quaternary nitrogens is 2. The van der Waals surface area contributed by atoms with E-state index in [1.54, 1.807) is 0 Å². The van der Waals surface area contributed by atoms with Crippen LogP contribution in [-0.4, -0.2) is 36.5 Å². The Balaban J connectivity index is 0.000000966. The van der Waals surface area contributed by atoms with Crippen molar-refractivity contribution in [2.45, 2.75) is 94.4 Å². The molecule has 0 heterocycles. The van der Waals surface area contributed by atoms with Crippen LogP contribution in [0.2, 0.25) is 0 Å². The standard InChI is InChI=1S/2C21H29NO3.2O.U/c2*1-14-8-16(3)20(24)18(10-14)12-22(6-5-7-23)13-19-11-15(2)9-17(4)21(19)25;;;/h2*8-11,23-25H,5-7,12-13H2,1-4H3;;;/q;;2*-2;/p-2. The molecule has 0 aliphatic rings. The molecular weight excluding hydrogens is 898 g/mol. The maximum Gasteiger partial charge on any atom is 0.102 e. The van der Waals surface area contributed by atoms with E-state index in [9.17, 15) is 30.6 Å². The van der Waals surface area contributed by atoms with Gasteiger partial charge in [-0.3, -0.25) is 0 Å². The Morgan fingerprint density at radius 2 is 0.623 bits per heavy atom. The van der Waals surface area contributed by atoms with Crippen LogP contribution < -0.4 is 30.2 Å². The summed E-state index contributed by atoms with van der Waals surface area (Å²) in [7, 11) is 0. The Morgan fingerprint density at radius 1 is 0.415 bits per heavy atom. The maximum absolute atomic E-state index is 12.4. The van der Waals surface area contributed by atoms with Crippen LogP contribution in [0.25, 0.3) is 0 Å². The number of hydrogen-bond donors (Lipinski definition) is 4. The van der Waals surface area contributed by atoms with E-state index in [-0.39, 0.29) is 78.3 Å². The monoisotopic (exact) mass is 954 g/mol. The van der Waals surface area contributed by atoms with Gasteiger partial charge in [0, 0.05) is 57.2 Å². The van der Waals surface area contributed by atoms with E-state index < -0.39 is 0 Å². The number of benzene rings is 4. The average molecular weight is 955 g/mol. The molecule has 0 aliphatic carbocycles. The van der Waals surface area contributed by atoms with Gasteiger partial charge >= 0.3 is 0 Å². The first-order valence-corrected chi connectivity index (χ1v) is 17.6. The zero-order valence-electron chi connectivity index (χ0n) is 32.5. The van der Waals surface area contributed by atoms with Crippen molar-refractivity contribution in [1.82, 2.24) is 0 Å². The van der Waals surface area contributed by atoms with Gasteiger partial charge in [0.2, 0.25) is 0 Å². The van der Waals surface area contributed by atoms with Crippen molar-refractivity contribution < 1.29 is 82.5 Å². The summed E-state index contributed by atoms with van der Waals surface area (Å²) in [5.41, 5.74) is 10.4. The fourth-order valence-electron chi connectivity index (χ4n) is 6.91. The second-order valence-corrected chi connectivity index (χ2v) is 14.1. The van der Waals surface area contributed by atoms with Crippen molar-refractivity contribution in [3.05, 3.63) is 115 Å². The molecule has 292 valence electrons. The van der Waals surface area contributed by atoms with Crippen molar-refractivity contribution in [2.24, 2.45) is 0 Å². The van der Waals surface area contributed by atoms with E-state index in [0.717, 1.165) is 89.7 Å². The van der Waals surface area contributed by atoms with Gasteiger partial charge in [-0.1, -0.05) is 116 Å². The Bertz CT molecular complexity index is 1500. The van der Waals surface area contributed by atoms with Gasteiger partial charge in [-0.15, -0.1) is 0 Å². The summed E-state index contributed by atoms with van der Waals surface area (Å²) in [5, 5.41) is 68.1. The van der Waals surface area contributed by atoms with E-state index in [2.05, 4.69) is 0 Å². The summed E-state index contributed by atoms with van der Waals surface area (Å²) < 4.78 is 0. The number of rotatable bonds is 14. The van der Waals surface area contributed by atoms with Crippen LogP contribution in [0.5, 0.6) is 23.0 Å². The molecule has 10 nitrogen and oxygen atoms in total. The van der Waals surface area contributed by atoms with E-state index in [1.807, 2.05) is 104 Å². The Kier molecular flexibility index (Phi) is 22.2. The molecule has 0 bridgehead atoms. The molecule has 0 saturated heterocycles. The van der Waals surface area contributed by atoms with Crippen molar-refractivity contribution >= 4 is 0 Å². The molecule has 0 fully saturated rings. The van der Waals surface area contributed by atoms with Crippen molar-refractivity contribution in [2.75, 3.05) is 26.3 Å². The van der Waals surface area contributed by atoms with E-state index in [1.165, 1.54) is 0 Å². The smallest absolute Gasteiger partial charge is 0.102 e. The summed E-state index contributed by atoms with van der Waals surface area (Å²) in [6, 6.07) is 15.4. The fourth-order valence-corrected chi connectivity index (χ4v) is 6.91. The number of aliphatic hydroxyl groups excluding tert-OH is 2. The molecule has 0 spiro atoms. The van der Waals surface area contributed by atoms with E-state index in [4.69, 9.17) is 0 Å². The van der Waals surface area contributed by atoms with Gasteiger partial charge in [0.15, 0.2) is 0 Å². The van der Waals surface area contributed by atoms with Gasteiger partial charge < -0.3 is 51.4 Å². The van der Waals surface area contributed by atoms with Gasteiger partial charge in [-0.25, -0.2) is 0 Å². The van der Waals surface area contributed by atoms with E-state index in [0.29, 0.717) is 39.0 Å². The van der Waals surface area contributed by atoms with Crippen LogP contribution in [0, 0.1) is 86.5 Å². The van der Waals surface area contributed by atoms with Crippen molar-refractivity contribution in [1.29, 1.82) is 0 Å². The summed E-state index contributed by atoms with van der Waals surface area (Å²) >= 11 is 0. The van der Waals surface area contributed by atoms with Crippen LogP contribution in [0.3, 0.4) is 0 Å². The van der Waals surface area contributed by atoms with Crippen LogP contribution in [-0.2, 0) is 37.1 Å². The summed E-state index contributed by atoms with van der Waals surface area (Å²) in [6.07, 6.45) is 1.29. The van der Waals surface area contributed by atoms with Crippen LogP contribution in [0.1, 0.15) is 79.6 Å². The normalized spacial score (nSPS) is 10.6. The third-order valence-corrected chi connectivity index (χ3v) is 9.12. The van der Waals surface area contributed by atoms with Gasteiger partial charge in [0.05, 0.1) is 13.1 Å². The summed E-state index contributed by atoms with van der Waals surface area (Å²) in [4.78, 5) is 2.25. The SMILES string of the molecule is Cc1cc(C)c([O-])c(C[NH+](CCCO)Cc2cc(C)cc(C)c2[O-])c1.Cc1cc(C)c([O-])c(C[NH+](CCCO)Cc2cc(C)cc(C)c2[O-])c1.[O-2].[O-2].[U]. The van der Waals surface area contributed by atoms with Gasteiger partial charge in [0.1, 0.15) is 26.2 Å². The average Bonchev–Trinajstić information content (AvgIpc) is 3.04. The number of aryl methyl sites for hydroxylation is 8. The molecule has 11 heteroatoms. The quantitative estimate of drug-likeness (QED) is 0.149. The van der Waals surface area contributed by atoms with Gasteiger partial charge in [0.25, 0.3) is 0 Å². The maximum atomic E-state index is 12.4. The minimum atomic E-state index is 0. The summed E-state index contributed by atoms with van der Waals surface area (Å²) in [5.74, 6) is 0.314. The minimum absolute atomic E-state index is 0. The summed E-state index contributed by atoms with van der Waals surface area (Å²) in [6.45, 7) is 19.2. The molecule has 0 aliphatic heterocycles. The largest absolute Gasteiger partial charge is 2.00 e. The topological polar surface area (TPSA) is 199 Å². The third kappa shape index (κ3) is 14.9. The molecule has 4 aromatic carbocycles. The number of aliphatic hydroxyl groups is 2. The molecule has 0 saturated carbocycles. The molecule has 4 N–H and O–H groups in total. The predicted octanol–water partition coefficient (Wildman–Crippen LogP) is 1.83. The molecule has 0 aromatic heterocycles. The molecule has 0 atom stereocenters. The molecule has 0 unspecified atom stereocenters. The fraction of sp³-hybridized carbons (Fsp3) is 0.429. The Hall–Kier alpha value is -3.11. The van der Waals surface area contributed by atoms with Crippen molar-refractivity contribution in [3.8, 4) is 23.0 Å². The van der Waals surface area contributed by atoms with Crippen LogP contribution >= 0.6 is 0 Å². The molecule has 53 heavy (non-hydrogen) atoms. The zero-order chi connectivity index (χ0) is 37.1. The van der Waals surface area contributed by atoms with Crippen molar-refractivity contribution in [3.63, 3.8) is 0 Å². The zero-order valence-corrected chi connectivity index (χ0v) is 36.7. The second kappa shape index (κ2) is 23.6. The van der Waals surface area contributed by atoms with E-state index >= 15 is 0 Å². The first-order chi connectivity index (χ1) is 23.6. The first kappa shape index (κ1) is 49.9. The Labute approximate surface area is 339 Å². The predicted molar refractivity (Wildman–Crippen MR) is 193 cm³/mol.